The number of furan rings is 1. The number of amides is 1. The maximum absolute atomic E-state index is 12.2. The van der Waals surface area contributed by atoms with Crippen LogP contribution in [0.4, 0.5) is 11.4 Å². The van der Waals surface area contributed by atoms with Crippen molar-refractivity contribution in [3.63, 3.8) is 0 Å². The van der Waals surface area contributed by atoms with E-state index >= 15 is 0 Å². The third kappa shape index (κ3) is 5.36. The molecule has 2 aromatic carbocycles. The molecular weight excluding hydrogens is 396 g/mol. The monoisotopic (exact) mass is 422 g/mol. The first-order valence-corrected chi connectivity index (χ1v) is 10.6. The number of rotatable bonds is 6. The zero-order valence-corrected chi connectivity index (χ0v) is 17.3. The fourth-order valence-corrected chi connectivity index (χ4v) is 3.84. The van der Waals surface area contributed by atoms with E-state index in [9.17, 15) is 14.7 Å². The molecule has 1 fully saturated rings. The minimum Gasteiger partial charge on any atom is -0.508 e. The Bertz CT molecular complexity index is 1050. The summed E-state index contributed by atoms with van der Waals surface area (Å²) in [6, 6.07) is 12.4. The number of hydrogen-bond acceptors (Lipinski definition) is 6. The molecule has 0 bridgehead atoms. The largest absolute Gasteiger partial charge is 0.508 e. The third-order valence-electron chi connectivity index (χ3n) is 5.46. The number of carbonyl (C=O) groups is 2. The van der Waals surface area contributed by atoms with E-state index in [4.69, 9.17) is 9.15 Å². The summed E-state index contributed by atoms with van der Waals surface area (Å²) in [6.07, 6.45) is 6.42. The Hall–Kier alpha value is -3.48. The molecule has 1 amide bonds. The van der Waals surface area contributed by atoms with Crippen molar-refractivity contribution in [2.24, 2.45) is 0 Å². The lowest BCUT2D eigenvalue weighted by Gasteiger charge is -2.22. The lowest BCUT2D eigenvalue weighted by molar-refractivity contribution is -0.146. The summed E-state index contributed by atoms with van der Waals surface area (Å²) < 4.78 is 10.4. The van der Waals surface area contributed by atoms with Gasteiger partial charge in [0, 0.05) is 41.5 Å². The quantitative estimate of drug-likeness (QED) is 0.577. The molecule has 7 nitrogen and oxygen atoms in total. The topological polar surface area (TPSA) is 92.0 Å². The highest BCUT2D eigenvalue weighted by Gasteiger charge is 2.14. The summed E-state index contributed by atoms with van der Waals surface area (Å²) in [5, 5.41) is 13.0. The van der Waals surface area contributed by atoms with Crippen LogP contribution in [-0.4, -0.2) is 36.7 Å². The van der Waals surface area contributed by atoms with Gasteiger partial charge < -0.3 is 24.5 Å². The van der Waals surface area contributed by atoms with Gasteiger partial charge in [-0.1, -0.05) is 12.8 Å². The van der Waals surface area contributed by atoms with E-state index in [0.29, 0.717) is 16.8 Å². The second-order valence-corrected chi connectivity index (χ2v) is 7.78. The summed E-state index contributed by atoms with van der Waals surface area (Å²) >= 11 is 0. The van der Waals surface area contributed by atoms with Gasteiger partial charge in [0.2, 0.25) is 0 Å². The highest BCUT2D eigenvalue weighted by molar-refractivity contribution is 5.93. The molecule has 0 spiro atoms. The summed E-state index contributed by atoms with van der Waals surface area (Å²) in [5.41, 5.74) is 2.96. The number of benzene rings is 2. The van der Waals surface area contributed by atoms with Gasteiger partial charge in [-0.05, 0) is 49.2 Å². The van der Waals surface area contributed by atoms with Crippen LogP contribution in [-0.2, 0) is 20.7 Å². The zero-order valence-electron chi connectivity index (χ0n) is 17.3. The molecule has 1 aromatic heterocycles. The predicted octanol–water partition coefficient (Wildman–Crippen LogP) is 4.24. The lowest BCUT2D eigenvalue weighted by atomic mass is 10.1. The number of phenols is 1. The first kappa shape index (κ1) is 20.8. The minimum absolute atomic E-state index is 0.0183. The Kier molecular flexibility index (Phi) is 6.40. The summed E-state index contributed by atoms with van der Waals surface area (Å²) in [7, 11) is 0. The van der Waals surface area contributed by atoms with E-state index in [1.165, 1.54) is 44.1 Å². The van der Waals surface area contributed by atoms with Crippen LogP contribution in [0.5, 0.6) is 5.75 Å². The van der Waals surface area contributed by atoms with Crippen molar-refractivity contribution in [3.05, 3.63) is 54.3 Å². The Balaban J connectivity index is 1.26. The van der Waals surface area contributed by atoms with Crippen molar-refractivity contribution >= 4 is 34.2 Å². The number of hydrogen-bond donors (Lipinski definition) is 2. The molecule has 7 heteroatoms. The van der Waals surface area contributed by atoms with Crippen LogP contribution in [0, 0.1) is 0 Å². The Morgan fingerprint density at radius 3 is 2.52 bits per heavy atom. The van der Waals surface area contributed by atoms with E-state index in [1.807, 2.05) is 24.3 Å². The average molecular weight is 422 g/mol. The summed E-state index contributed by atoms with van der Waals surface area (Å²) in [4.78, 5) is 26.7. The van der Waals surface area contributed by atoms with Crippen molar-refractivity contribution in [1.82, 2.24) is 0 Å². The SMILES string of the molecule is O=C(COC(=O)Cc1coc2cc(O)ccc12)Nc1ccc(N2CCCCCC2)cc1. The van der Waals surface area contributed by atoms with Crippen molar-refractivity contribution < 1.29 is 23.8 Å². The van der Waals surface area contributed by atoms with E-state index in [0.717, 1.165) is 24.2 Å². The second-order valence-electron chi connectivity index (χ2n) is 7.78. The van der Waals surface area contributed by atoms with Gasteiger partial charge in [-0.2, -0.15) is 0 Å². The number of phenolic OH excluding ortho intramolecular Hbond substituents is 1. The molecule has 1 aliphatic heterocycles. The van der Waals surface area contributed by atoms with Gasteiger partial charge >= 0.3 is 5.97 Å². The van der Waals surface area contributed by atoms with Crippen LogP contribution in [0.2, 0.25) is 0 Å². The molecule has 4 rings (SSSR count). The number of esters is 1. The Labute approximate surface area is 180 Å². The molecule has 162 valence electrons. The number of nitrogens with one attached hydrogen (secondary N) is 1. The molecule has 1 saturated heterocycles. The number of carbonyl (C=O) groups excluding carboxylic acids is 2. The zero-order chi connectivity index (χ0) is 21.6. The van der Waals surface area contributed by atoms with E-state index in [-0.39, 0.29) is 18.8 Å². The molecule has 1 aliphatic rings. The van der Waals surface area contributed by atoms with Gasteiger partial charge in [0.15, 0.2) is 6.61 Å². The Morgan fingerprint density at radius 1 is 1.03 bits per heavy atom. The Morgan fingerprint density at radius 2 is 1.77 bits per heavy atom. The molecular formula is C24H26N2O5. The maximum Gasteiger partial charge on any atom is 0.310 e. The number of nitrogens with zero attached hydrogens (tertiary/aromatic N) is 1. The summed E-state index contributed by atoms with van der Waals surface area (Å²) in [5.74, 6) is -0.826. The smallest absolute Gasteiger partial charge is 0.310 e. The highest BCUT2D eigenvalue weighted by atomic mass is 16.5. The van der Waals surface area contributed by atoms with Crippen molar-refractivity contribution in [2.45, 2.75) is 32.1 Å². The fraction of sp³-hybridized carbons (Fsp3) is 0.333. The van der Waals surface area contributed by atoms with Gasteiger partial charge in [0.1, 0.15) is 11.3 Å². The average Bonchev–Trinajstić information content (AvgIpc) is 2.97. The van der Waals surface area contributed by atoms with E-state index < -0.39 is 11.9 Å². The maximum atomic E-state index is 12.2. The number of ether oxygens (including phenoxy) is 1. The third-order valence-corrected chi connectivity index (χ3v) is 5.46. The molecule has 0 aliphatic carbocycles. The van der Waals surface area contributed by atoms with Gasteiger partial charge in [-0.15, -0.1) is 0 Å². The molecule has 3 aromatic rings. The van der Waals surface area contributed by atoms with Crippen LogP contribution in [0.1, 0.15) is 31.2 Å². The van der Waals surface area contributed by atoms with Crippen molar-refractivity contribution in [1.29, 1.82) is 0 Å². The van der Waals surface area contributed by atoms with Crippen LogP contribution in [0.3, 0.4) is 0 Å². The molecule has 0 radical (unpaired) electrons. The second kappa shape index (κ2) is 9.55. The van der Waals surface area contributed by atoms with Crippen LogP contribution in [0.25, 0.3) is 11.0 Å². The first-order chi connectivity index (χ1) is 15.1. The molecule has 31 heavy (non-hydrogen) atoms. The first-order valence-electron chi connectivity index (χ1n) is 10.6. The molecule has 2 heterocycles. The van der Waals surface area contributed by atoms with Crippen molar-refractivity contribution in [3.8, 4) is 5.75 Å². The van der Waals surface area contributed by atoms with Gasteiger partial charge in [-0.25, -0.2) is 0 Å². The van der Waals surface area contributed by atoms with Gasteiger partial charge in [0.25, 0.3) is 5.91 Å². The van der Waals surface area contributed by atoms with Crippen LogP contribution >= 0.6 is 0 Å². The normalized spacial score (nSPS) is 14.3. The minimum atomic E-state index is -0.526. The number of anilines is 2. The lowest BCUT2D eigenvalue weighted by Crippen LogP contribution is -2.24. The van der Waals surface area contributed by atoms with Gasteiger partial charge in [-0.3, -0.25) is 9.59 Å². The molecule has 0 atom stereocenters. The highest BCUT2D eigenvalue weighted by Crippen LogP contribution is 2.25. The van der Waals surface area contributed by atoms with Crippen LogP contribution in [0.15, 0.2) is 53.1 Å². The fourth-order valence-electron chi connectivity index (χ4n) is 3.84. The summed E-state index contributed by atoms with van der Waals surface area (Å²) in [6.45, 7) is 1.77. The number of aromatic hydroxyl groups is 1. The van der Waals surface area contributed by atoms with E-state index in [2.05, 4.69) is 10.2 Å². The van der Waals surface area contributed by atoms with Crippen molar-refractivity contribution in [2.75, 3.05) is 29.9 Å². The molecule has 2 N–H and O–H groups in total. The standard InChI is InChI=1S/C24H26N2O5/c27-20-9-10-21-17(15-30-22(21)14-20)13-24(29)31-16-23(28)25-18-5-7-19(8-6-18)26-11-3-1-2-4-12-26/h5-10,14-15,27H,1-4,11-13,16H2,(H,25,28). The molecule has 0 unspecified atom stereocenters. The number of fused-ring (bicyclic) bond motifs is 1. The predicted molar refractivity (Wildman–Crippen MR) is 118 cm³/mol. The van der Waals surface area contributed by atoms with Gasteiger partial charge in [0.05, 0.1) is 12.7 Å². The van der Waals surface area contributed by atoms with E-state index in [1.54, 1.807) is 6.07 Å². The molecule has 0 saturated carbocycles. The van der Waals surface area contributed by atoms with Crippen LogP contribution < -0.4 is 10.2 Å².